The Morgan fingerprint density at radius 2 is 2.04 bits per heavy atom. The summed E-state index contributed by atoms with van der Waals surface area (Å²) >= 11 is 0. The standard InChI is InChI=1S/C20H24O7/c1-10-8-13-19(2)12(17(22)25-13)4-3-6-20(19,27-10)14-15(21)16(26-18(14)23)11-5-7-24-9-11/h5,7,9-10,12-16,21H,3-4,6,8H2,1-2H3/t10-,12+,13-,14+,15+,16-,19+,20-/m0/s1. The van der Waals surface area contributed by atoms with Gasteiger partial charge in [-0.05, 0) is 32.3 Å². The molecular formula is C20H24O7. The Labute approximate surface area is 156 Å². The van der Waals surface area contributed by atoms with Crippen LogP contribution in [0.3, 0.4) is 0 Å². The largest absolute Gasteiger partial charge is 0.472 e. The molecule has 3 aliphatic heterocycles. The molecule has 5 rings (SSSR count). The molecule has 146 valence electrons. The summed E-state index contributed by atoms with van der Waals surface area (Å²) in [5.41, 5.74) is -1.03. The molecule has 3 saturated heterocycles. The summed E-state index contributed by atoms with van der Waals surface area (Å²) in [7, 11) is 0. The van der Waals surface area contributed by atoms with Crippen LogP contribution in [0.2, 0.25) is 0 Å². The molecule has 0 unspecified atom stereocenters. The Hall–Kier alpha value is -1.86. The van der Waals surface area contributed by atoms with Crippen LogP contribution >= 0.6 is 0 Å². The predicted molar refractivity (Wildman–Crippen MR) is 90.3 cm³/mol. The van der Waals surface area contributed by atoms with Gasteiger partial charge in [0.1, 0.15) is 18.1 Å². The molecule has 7 nitrogen and oxygen atoms in total. The first-order valence-electron chi connectivity index (χ1n) is 9.67. The van der Waals surface area contributed by atoms with Crippen molar-refractivity contribution in [3.05, 3.63) is 24.2 Å². The van der Waals surface area contributed by atoms with Crippen molar-refractivity contribution in [3.63, 3.8) is 0 Å². The van der Waals surface area contributed by atoms with E-state index in [9.17, 15) is 14.7 Å². The number of aliphatic hydroxyl groups is 1. The zero-order valence-corrected chi connectivity index (χ0v) is 15.4. The summed E-state index contributed by atoms with van der Waals surface area (Å²) in [6.45, 7) is 3.92. The first kappa shape index (κ1) is 17.3. The molecule has 4 heterocycles. The van der Waals surface area contributed by atoms with Crippen LogP contribution in [0.15, 0.2) is 23.0 Å². The molecule has 1 aliphatic carbocycles. The van der Waals surface area contributed by atoms with Crippen LogP contribution in [0.1, 0.15) is 51.2 Å². The van der Waals surface area contributed by atoms with Crippen molar-refractivity contribution < 1.29 is 33.3 Å². The van der Waals surface area contributed by atoms with E-state index in [1.54, 1.807) is 6.07 Å². The number of rotatable bonds is 2. The molecule has 0 spiro atoms. The van der Waals surface area contributed by atoms with Crippen LogP contribution in [-0.4, -0.2) is 41.0 Å². The van der Waals surface area contributed by atoms with Crippen LogP contribution in [-0.2, 0) is 23.8 Å². The SMILES string of the molecule is C[C@H]1C[C@@H]2OC(=O)[C@H]3CCC[C@@]([C@H]4C(=O)O[C@@H](c5ccoc5)[C@@H]4O)(O1)[C@@]23C. The Morgan fingerprint density at radius 1 is 1.22 bits per heavy atom. The lowest BCUT2D eigenvalue weighted by Gasteiger charge is -2.59. The van der Waals surface area contributed by atoms with Gasteiger partial charge < -0.3 is 23.7 Å². The summed E-state index contributed by atoms with van der Waals surface area (Å²) in [5.74, 6) is -1.89. The lowest BCUT2D eigenvalue weighted by atomic mass is 9.51. The molecule has 1 saturated carbocycles. The first-order valence-corrected chi connectivity index (χ1v) is 9.67. The average molecular weight is 376 g/mol. The maximum Gasteiger partial charge on any atom is 0.315 e. The van der Waals surface area contributed by atoms with Gasteiger partial charge >= 0.3 is 11.9 Å². The number of cyclic esters (lactones) is 1. The minimum absolute atomic E-state index is 0.180. The molecule has 1 aromatic rings. The van der Waals surface area contributed by atoms with E-state index in [0.29, 0.717) is 24.8 Å². The lowest BCUT2D eigenvalue weighted by molar-refractivity contribution is -0.271. The molecule has 7 heteroatoms. The minimum Gasteiger partial charge on any atom is -0.472 e. The van der Waals surface area contributed by atoms with Gasteiger partial charge in [0.2, 0.25) is 0 Å². The molecular weight excluding hydrogens is 352 g/mol. The van der Waals surface area contributed by atoms with Crippen molar-refractivity contribution in [2.24, 2.45) is 17.3 Å². The molecule has 27 heavy (non-hydrogen) atoms. The summed E-state index contributed by atoms with van der Waals surface area (Å²) < 4.78 is 22.9. The van der Waals surface area contributed by atoms with Gasteiger partial charge in [-0.25, -0.2) is 0 Å². The predicted octanol–water partition coefficient (Wildman–Crippen LogP) is 2.13. The maximum absolute atomic E-state index is 13.0. The minimum atomic E-state index is -1.08. The average Bonchev–Trinajstić information content (AvgIpc) is 3.28. The quantitative estimate of drug-likeness (QED) is 0.790. The van der Waals surface area contributed by atoms with Crippen LogP contribution in [0, 0.1) is 17.3 Å². The van der Waals surface area contributed by atoms with Gasteiger partial charge in [-0.1, -0.05) is 6.92 Å². The van der Waals surface area contributed by atoms with Gasteiger partial charge in [0, 0.05) is 17.4 Å². The number of esters is 2. The van der Waals surface area contributed by atoms with Crippen molar-refractivity contribution in [3.8, 4) is 0 Å². The smallest absolute Gasteiger partial charge is 0.315 e. The fourth-order valence-corrected chi connectivity index (χ4v) is 6.14. The highest BCUT2D eigenvalue weighted by Crippen LogP contribution is 2.65. The fraction of sp³-hybridized carbons (Fsp3) is 0.700. The second-order valence-corrected chi connectivity index (χ2v) is 8.59. The molecule has 4 fully saturated rings. The van der Waals surface area contributed by atoms with Gasteiger partial charge in [-0.3, -0.25) is 9.59 Å². The van der Waals surface area contributed by atoms with Gasteiger partial charge in [0.05, 0.1) is 30.1 Å². The highest BCUT2D eigenvalue weighted by atomic mass is 16.6. The topological polar surface area (TPSA) is 95.2 Å². The van der Waals surface area contributed by atoms with Crippen molar-refractivity contribution in [2.75, 3.05) is 0 Å². The number of carbonyl (C=O) groups excluding carboxylic acids is 2. The third kappa shape index (κ3) is 2.04. The van der Waals surface area contributed by atoms with E-state index in [-0.39, 0.29) is 24.1 Å². The molecule has 8 atom stereocenters. The highest BCUT2D eigenvalue weighted by molar-refractivity contribution is 5.81. The van der Waals surface area contributed by atoms with E-state index >= 15 is 0 Å². The van der Waals surface area contributed by atoms with E-state index in [1.165, 1.54) is 12.5 Å². The molecule has 4 aliphatic rings. The molecule has 1 aromatic heterocycles. The third-order valence-corrected chi connectivity index (χ3v) is 7.37. The van der Waals surface area contributed by atoms with Crippen molar-refractivity contribution in [1.82, 2.24) is 0 Å². The summed E-state index contributed by atoms with van der Waals surface area (Å²) in [4.78, 5) is 25.6. The van der Waals surface area contributed by atoms with Gasteiger partial charge in [0.25, 0.3) is 0 Å². The Morgan fingerprint density at radius 3 is 2.78 bits per heavy atom. The highest BCUT2D eigenvalue weighted by Gasteiger charge is 2.74. The van der Waals surface area contributed by atoms with E-state index in [1.807, 2.05) is 13.8 Å². The number of ether oxygens (including phenoxy) is 3. The van der Waals surface area contributed by atoms with Crippen LogP contribution in [0.5, 0.6) is 0 Å². The fourth-order valence-electron chi connectivity index (χ4n) is 6.14. The number of furan rings is 1. The molecule has 0 aromatic carbocycles. The number of hydrogen-bond acceptors (Lipinski definition) is 7. The zero-order valence-electron chi connectivity index (χ0n) is 15.4. The Bertz CT molecular complexity index is 773. The molecule has 1 N–H and O–H groups in total. The van der Waals surface area contributed by atoms with Crippen LogP contribution < -0.4 is 0 Å². The summed E-state index contributed by atoms with van der Waals surface area (Å²) in [6, 6.07) is 1.68. The molecule has 0 bridgehead atoms. The van der Waals surface area contributed by atoms with E-state index in [2.05, 4.69) is 0 Å². The van der Waals surface area contributed by atoms with Gasteiger partial charge in [0.15, 0.2) is 6.10 Å². The van der Waals surface area contributed by atoms with Gasteiger partial charge in [-0.15, -0.1) is 0 Å². The van der Waals surface area contributed by atoms with E-state index in [0.717, 1.165) is 6.42 Å². The molecule has 0 radical (unpaired) electrons. The lowest BCUT2D eigenvalue weighted by Crippen LogP contribution is -2.68. The van der Waals surface area contributed by atoms with Crippen LogP contribution in [0.4, 0.5) is 0 Å². The maximum atomic E-state index is 13.0. The summed E-state index contributed by atoms with van der Waals surface area (Å²) in [5, 5.41) is 11.1. The molecule has 0 amide bonds. The summed E-state index contributed by atoms with van der Waals surface area (Å²) in [6.07, 6.45) is 3.24. The second kappa shape index (κ2) is 5.58. The van der Waals surface area contributed by atoms with E-state index in [4.69, 9.17) is 18.6 Å². The monoisotopic (exact) mass is 376 g/mol. The van der Waals surface area contributed by atoms with E-state index < -0.39 is 35.1 Å². The van der Waals surface area contributed by atoms with Crippen molar-refractivity contribution in [2.45, 2.75) is 69.5 Å². The number of carbonyl (C=O) groups is 2. The van der Waals surface area contributed by atoms with Gasteiger partial charge in [-0.2, -0.15) is 0 Å². The van der Waals surface area contributed by atoms with Crippen LogP contribution in [0.25, 0.3) is 0 Å². The Kier molecular flexibility index (Phi) is 3.56. The normalized spacial score (nSPS) is 48.9. The number of hydrogen-bond donors (Lipinski definition) is 1. The third-order valence-electron chi connectivity index (χ3n) is 7.37. The number of aliphatic hydroxyl groups excluding tert-OH is 1. The second-order valence-electron chi connectivity index (χ2n) is 8.59. The zero-order chi connectivity index (χ0) is 19.0. The Balaban J connectivity index is 1.61. The first-order chi connectivity index (χ1) is 12.9. The van der Waals surface area contributed by atoms with Crippen molar-refractivity contribution in [1.29, 1.82) is 0 Å². The van der Waals surface area contributed by atoms with Crippen molar-refractivity contribution >= 4 is 11.9 Å².